The molecule has 0 aromatic heterocycles. The van der Waals surface area contributed by atoms with E-state index in [1.807, 2.05) is 6.07 Å². The zero-order chi connectivity index (χ0) is 28.9. The molecule has 2 N–H and O–H groups in total. The number of benzene rings is 2. The minimum atomic E-state index is -0.792. The topological polar surface area (TPSA) is 58.6 Å². The first-order chi connectivity index (χ1) is 19.7. The molecule has 5 rings (SSSR count). The largest absolute Gasteiger partial charge is 0.497 e. The van der Waals surface area contributed by atoms with Gasteiger partial charge in [0, 0.05) is 36.1 Å². The second-order valence-electron chi connectivity index (χ2n) is 14.1. The number of carbonyl (C=O) groups is 1. The number of aliphatic hydroxyl groups is 1. The van der Waals surface area contributed by atoms with Gasteiger partial charge in [-0.15, -0.1) is 0 Å². The van der Waals surface area contributed by atoms with Crippen LogP contribution in [0.3, 0.4) is 0 Å². The number of amides is 1. The molecule has 0 bridgehead atoms. The Bertz CT molecular complexity index is 1140. The number of hydrogen-bond donors (Lipinski definition) is 2. The second kappa shape index (κ2) is 12.9. The molecule has 4 atom stereocenters. The third-order valence-corrected chi connectivity index (χ3v) is 10.3. The molecule has 224 valence electrons. The molecule has 2 saturated carbocycles. The van der Waals surface area contributed by atoms with E-state index in [1.54, 1.807) is 7.11 Å². The van der Waals surface area contributed by atoms with E-state index in [4.69, 9.17) is 4.74 Å². The maximum absolute atomic E-state index is 13.1. The number of methoxy groups -OCH3 is 1. The van der Waals surface area contributed by atoms with E-state index < -0.39 is 5.60 Å². The van der Waals surface area contributed by atoms with E-state index in [0.29, 0.717) is 12.3 Å². The van der Waals surface area contributed by atoms with Gasteiger partial charge in [-0.3, -0.25) is 4.79 Å². The SMILES string of the molecule is COc1cccc([C@]23CC[N@+](CC(C)C)(CC4CC4)CC2(O)CC[C@H](NC(=O)CCCCCc2ccccc2)C3)c1. The van der Waals surface area contributed by atoms with Crippen LogP contribution in [0.2, 0.25) is 0 Å². The van der Waals surface area contributed by atoms with Gasteiger partial charge in [-0.2, -0.15) is 0 Å². The van der Waals surface area contributed by atoms with Crippen molar-refractivity contribution in [2.45, 2.75) is 102 Å². The van der Waals surface area contributed by atoms with Gasteiger partial charge in [-0.05, 0) is 74.6 Å². The predicted octanol–water partition coefficient (Wildman–Crippen LogP) is 6.42. The fourth-order valence-electron chi connectivity index (χ4n) is 8.31. The van der Waals surface area contributed by atoms with Crippen LogP contribution in [0.5, 0.6) is 5.75 Å². The fraction of sp³-hybridized carbons (Fsp3) is 0.639. The lowest BCUT2D eigenvalue weighted by Crippen LogP contribution is -2.73. The summed E-state index contributed by atoms with van der Waals surface area (Å²) in [6.07, 6.45) is 10.8. The van der Waals surface area contributed by atoms with Gasteiger partial charge in [0.1, 0.15) is 17.9 Å². The summed E-state index contributed by atoms with van der Waals surface area (Å²) in [6.45, 7) is 8.91. The maximum atomic E-state index is 13.1. The van der Waals surface area contributed by atoms with Gasteiger partial charge in [0.2, 0.25) is 5.91 Å². The average molecular weight is 562 g/mol. The van der Waals surface area contributed by atoms with Crippen LogP contribution in [0.25, 0.3) is 0 Å². The standard InChI is InChI=1S/C36H52N2O3/c1-28(2)25-38(26-30-17-18-30)22-21-35(31-14-10-15-33(23-31)41-3)24-32(19-20-36(35,40)27-38)37-34(39)16-9-5-8-13-29-11-6-4-7-12-29/h4,6-7,10-12,14-15,23,28,30,32,40H,5,8-9,13,16-22,24-27H2,1-3H3/p+1/t32-,35+,36?,38-/m0/s1. The normalized spacial score (nSPS) is 29.6. The van der Waals surface area contributed by atoms with Crippen LogP contribution in [0.1, 0.15) is 89.2 Å². The first-order valence-corrected chi connectivity index (χ1v) is 16.3. The van der Waals surface area contributed by atoms with Crippen LogP contribution in [0.4, 0.5) is 0 Å². The van der Waals surface area contributed by atoms with E-state index in [0.717, 1.165) is 87.2 Å². The first kappa shape index (κ1) is 30.1. The average Bonchev–Trinajstić information content (AvgIpc) is 3.77. The van der Waals surface area contributed by atoms with Gasteiger partial charge in [0.15, 0.2) is 0 Å². The first-order valence-electron chi connectivity index (χ1n) is 16.3. The highest BCUT2D eigenvalue weighted by Gasteiger charge is 2.62. The summed E-state index contributed by atoms with van der Waals surface area (Å²) in [5.74, 6) is 2.43. The second-order valence-corrected chi connectivity index (χ2v) is 14.1. The van der Waals surface area contributed by atoms with E-state index in [2.05, 4.69) is 67.7 Å². The molecule has 5 nitrogen and oxygen atoms in total. The molecule has 1 amide bonds. The summed E-state index contributed by atoms with van der Waals surface area (Å²) in [7, 11) is 1.72. The minimum Gasteiger partial charge on any atom is -0.497 e. The number of aryl methyl sites for hydroxylation is 1. The number of rotatable bonds is 13. The Morgan fingerprint density at radius 2 is 1.85 bits per heavy atom. The van der Waals surface area contributed by atoms with Crippen molar-refractivity contribution in [3.63, 3.8) is 0 Å². The zero-order valence-electron chi connectivity index (χ0n) is 25.7. The molecule has 0 radical (unpaired) electrons. The number of hydrogen-bond acceptors (Lipinski definition) is 3. The van der Waals surface area contributed by atoms with Gasteiger partial charge in [0.25, 0.3) is 0 Å². The molecular formula is C36H53N2O3+. The molecule has 0 spiro atoms. The van der Waals surface area contributed by atoms with Crippen LogP contribution in [0, 0.1) is 11.8 Å². The highest BCUT2D eigenvalue weighted by atomic mass is 16.5. The lowest BCUT2D eigenvalue weighted by Gasteiger charge is -2.61. The Hall–Kier alpha value is -2.37. The number of piperidine rings is 1. The van der Waals surface area contributed by atoms with Gasteiger partial charge in [-0.1, -0.05) is 62.7 Å². The highest BCUT2D eigenvalue weighted by molar-refractivity contribution is 5.76. The van der Waals surface area contributed by atoms with Crippen molar-refractivity contribution < 1.29 is 19.1 Å². The van der Waals surface area contributed by atoms with Crippen molar-refractivity contribution in [3.05, 3.63) is 65.7 Å². The summed E-state index contributed by atoms with van der Waals surface area (Å²) in [4.78, 5) is 13.1. The number of nitrogens with one attached hydrogen (secondary N) is 1. The fourth-order valence-corrected chi connectivity index (χ4v) is 8.31. The van der Waals surface area contributed by atoms with Crippen LogP contribution in [-0.4, -0.2) is 60.4 Å². The van der Waals surface area contributed by atoms with Crippen molar-refractivity contribution in [3.8, 4) is 5.75 Å². The Morgan fingerprint density at radius 3 is 2.59 bits per heavy atom. The molecular weight excluding hydrogens is 508 g/mol. The number of nitrogens with zero attached hydrogens (tertiary/aromatic N) is 1. The van der Waals surface area contributed by atoms with Crippen LogP contribution in [-0.2, 0) is 16.6 Å². The Kier molecular flexibility index (Phi) is 9.45. The van der Waals surface area contributed by atoms with Crippen molar-refractivity contribution in [1.29, 1.82) is 0 Å². The molecule has 1 saturated heterocycles. The van der Waals surface area contributed by atoms with Gasteiger partial charge >= 0.3 is 0 Å². The van der Waals surface area contributed by atoms with E-state index in [1.165, 1.54) is 30.5 Å². The summed E-state index contributed by atoms with van der Waals surface area (Å²) in [5, 5.41) is 16.1. The molecule has 3 aliphatic rings. The number of likely N-dealkylation sites (tertiary alicyclic amines) is 1. The molecule has 2 aliphatic carbocycles. The lowest BCUT2D eigenvalue weighted by atomic mass is 9.54. The summed E-state index contributed by atoms with van der Waals surface area (Å²) < 4.78 is 6.68. The van der Waals surface area contributed by atoms with Gasteiger partial charge < -0.3 is 19.6 Å². The quantitative estimate of drug-likeness (QED) is 0.219. The number of unbranched alkanes of at least 4 members (excludes halogenated alkanes) is 2. The number of quaternary nitrogens is 1. The predicted molar refractivity (Wildman–Crippen MR) is 166 cm³/mol. The Labute approximate surface area is 248 Å². The molecule has 1 unspecified atom stereocenters. The van der Waals surface area contributed by atoms with Gasteiger partial charge in [0.05, 0.1) is 26.7 Å². The Morgan fingerprint density at radius 1 is 1.05 bits per heavy atom. The third kappa shape index (κ3) is 7.17. The zero-order valence-corrected chi connectivity index (χ0v) is 25.7. The van der Waals surface area contributed by atoms with E-state index in [-0.39, 0.29) is 17.4 Å². The smallest absolute Gasteiger partial charge is 0.220 e. The molecule has 41 heavy (non-hydrogen) atoms. The highest BCUT2D eigenvalue weighted by Crippen LogP contribution is 2.54. The Balaban J connectivity index is 1.27. The molecule has 3 fully saturated rings. The number of carbonyl (C=O) groups excluding carboxylic acids is 1. The monoisotopic (exact) mass is 561 g/mol. The van der Waals surface area contributed by atoms with Crippen molar-refractivity contribution in [2.75, 3.05) is 33.3 Å². The molecule has 2 aromatic carbocycles. The summed E-state index contributed by atoms with van der Waals surface area (Å²) in [6, 6.07) is 19.1. The summed E-state index contributed by atoms with van der Waals surface area (Å²) in [5.41, 5.74) is 1.37. The van der Waals surface area contributed by atoms with Gasteiger partial charge in [-0.25, -0.2) is 0 Å². The number of fused-ring (bicyclic) bond motifs is 1. The minimum absolute atomic E-state index is 0.0897. The lowest BCUT2D eigenvalue weighted by molar-refractivity contribution is -0.945. The van der Waals surface area contributed by atoms with E-state index >= 15 is 0 Å². The van der Waals surface area contributed by atoms with Crippen LogP contribution < -0.4 is 10.1 Å². The van der Waals surface area contributed by atoms with E-state index in [9.17, 15) is 9.90 Å². The molecule has 5 heteroatoms. The van der Waals surface area contributed by atoms with Crippen molar-refractivity contribution in [2.24, 2.45) is 11.8 Å². The maximum Gasteiger partial charge on any atom is 0.220 e. The van der Waals surface area contributed by atoms with Crippen LogP contribution in [0.15, 0.2) is 54.6 Å². The molecule has 2 aromatic rings. The molecule has 1 aliphatic heterocycles. The van der Waals surface area contributed by atoms with Crippen molar-refractivity contribution >= 4 is 5.91 Å². The number of ether oxygens (including phenoxy) is 1. The van der Waals surface area contributed by atoms with Crippen molar-refractivity contribution in [1.82, 2.24) is 5.32 Å². The molecule has 1 heterocycles. The summed E-state index contributed by atoms with van der Waals surface area (Å²) >= 11 is 0. The third-order valence-electron chi connectivity index (χ3n) is 10.3. The van der Waals surface area contributed by atoms with Crippen LogP contribution >= 0.6 is 0 Å².